The van der Waals surface area contributed by atoms with Gasteiger partial charge in [-0.15, -0.1) is 12.4 Å². The van der Waals surface area contributed by atoms with Gasteiger partial charge in [0.05, 0.1) is 6.54 Å². The molecule has 2 aliphatic rings. The third-order valence-corrected chi connectivity index (χ3v) is 5.14. The van der Waals surface area contributed by atoms with Crippen molar-refractivity contribution in [3.63, 3.8) is 0 Å². The SMILES string of the molecule is CCCN(CC(=O)NC1CCCCC1C)C1CCNCC1.Cl. The first-order chi connectivity index (χ1) is 10.2. The molecule has 1 heterocycles. The van der Waals surface area contributed by atoms with E-state index in [2.05, 4.69) is 29.4 Å². The third-order valence-electron chi connectivity index (χ3n) is 5.14. The fourth-order valence-electron chi connectivity index (χ4n) is 3.82. The zero-order chi connectivity index (χ0) is 15.1. The second-order valence-corrected chi connectivity index (χ2v) is 6.89. The van der Waals surface area contributed by atoms with Crippen LogP contribution < -0.4 is 10.6 Å². The average Bonchev–Trinajstić information content (AvgIpc) is 2.50. The van der Waals surface area contributed by atoms with Crippen molar-refractivity contribution < 1.29 is 4.79 Å². The van der Waals surface area contributed by atoms with Crippen molar-refractivity contribution in [2.24, 2.45) is 5.92 Å². The van der Waals surface area contributed by atoms with Crippen molar-refractivity contribution in [3.05, 3.63) is 0 Å². The summed E-state index contributed by atoms with van der Waals surface area (Å²) in [4.78, 5) is 14.8. The molecule has 2 unspecified atom stereocenters. The summed E-state index contributed by atoms with van der Waals surface area (Å²) in [7, 11) is 0. The zero-order valence-electron chi connectivity index (χ0n) is 14.3. The van der Waals surface area contributed by atoms with Crippen LogP contribution in [0.25, 0.3) is 0 Å². The highest BCUT2D eigenvalue weighted by Crippen LogP contribution is 2.23. The van der Waals surface area contributed by atoms with E-state index in [1.54, 1.807) is 0 Å². The van der Waals surface area contributed by atoms with E-state index in [-0.39, 0.29) is 18.3 Å². The summed E-state index contributed by atoms with van der Waals surface area (Å²) in [6.45, 7) is 8.29. The van der Waals surface area contributed by atoms with E-state index in [0.29, 0.717) is 24.5 Å². The van der Waals surface area contributed by atoms with E-state index < -0.39 is 0 Å². The van der Waals surface area contributed by atoms with Crippen molar-refractivity contribution in [3.8, 4) is 0 Å². The topological polar surface area (TPSA) is 44.4 Å². The summed E-state index contributed by atoms with van der Waals surface area (Å²) in [5.74, 6) is 0.877. The Morgan fingerprint density at radius 1 is 1.18 bits per heavy atom. The first-order valence-electron chi connectivity index (χ1n) is 8.94. The molecule has 0 aromatic heterocycles. The largest absolute Gasteiger partial charge is 0.352 e. The number of hydrogen-bond donors (Lipinski definition) is 2. The molecule has 1 aliphatic carbocycles. The lowest BCUT2D eigenvalue weighted by Gasteiger charge is -2.35. The number of halogens is 1. The first kappa shape index (κ1) is 19.7. The molecule has 2 atom stereocenters. The highest BCUT2D eigenvalue weighted by Gasteiger charge is 2.26. The van der Waals surface area contributed by atoms with Crippen molar-refractivity contribution >= 4 is 18.3 Å². The van der Waals surface area contributed by atoms with Crippen LogP contribution in [0.4, 0.5) is 0 Å². The fourth-order valence-corrected chi connectivity index (χ4v) is 3.82. The van der Waals surface area contributed by atoms with Crippen LogP contribution in [-0.4, -0.2) is 49.1 Å². The molecule has 1 saturated carbocycles. The fraction of sp³-hybridized carbons (Fsp3) is 0.941. The van der Waals surface area contributed by atoms with Gasteiger partial charge in [-0.05, 0) is 57.7 Å². The van der Waals surface area contributed by atoms with Crippen LogP contribution in [0.5, 0.6) is 0 Å². The van der Waals surface area contributed by atoms with Crippen LogP contribution in [0.2, 0.25) is 0 Å². The summed E-state index contributed by atoms with van der Waals surface area (Å²) in [5, 5.41) is 6.71. The molecule has 130 valence electrons. The van der Waals surface area contributed by atoms with Gasteiger partial charge in [-0.2, -0.15) is 0 Å². The predicted octanol–water partition coefficient (Wildman–Crippen LogP) is 2.57. The second-order valence-electron chi connectivity index (χ2n) is 6.89. The zero-order valence-corrected chi connectivity index (χ0v) is 15.1. The van der Waals surface area contributed by atoms with E-state index in [1.807, 2.05) is 0 Å². The number of hydrogen-bond acceptors (Lipinski definition) is 3. The lowest BCUT2D eigenvalue weighted by molar-refractivity contribution is -0.124. The summed E-state index contributed by atoms with van der Waals surface area (Å²) < 4.78 is 0. The molecule has 1 saturated heterocycles. The molecule has 5 heteroatoms. The van der Waals surface area contributed by atoms with Gasteiger partial charge in [0.25, 0.3) is 0 Å². The number of amides is 1. The summed E-state index contributed by atoms with van der Waals surface area (Å²) in [5.41, 5.74) is 0. The van der Waals surface area contributed by atoms with Crippen LogP contribution in [0.15, 0.2) is 0 Å². The second kappa shape index (κ2) is 10.5. The Hall–Kier alpha value is -0.320. The number of nitrogens with zero attached hydrogens (tertiary/aromatic N) is 1. The number of nitrogens with one attached hydrogen (secondary N) is 2. The van der Waals surface area contributed by atoms with E-state index >= 15 is 0 Å². The van der Waals surface area contributed by atoms with Crippen molar-refractivity contribution in [2.45, 2.75) is 70.9 Å². The Bertz CT molecular complexity index is 321. The summed E-state index contributed by atoms with van der Waals surface area (Å²) in [6.07, 6.45) is 8.48. The minimum atomic E-state index is 0. The lowest BCUT2D eigenvalue weighted by atomic mass is 9.86. The minimum absolute atomic E-state index is 0. The van der Waals surface area contributed by atoms with Gasteiger partial charge in [0.1, 0.15) is 0 Å². The van der Waals surface area contributed by atoms with Gasteiger partial charge >= 0.3 is 0 Å². The molecule has 0 aromatic carbocycles. The molecular formula is C17H34ClN3O. The maximum absolute atomic E-state index is 12.4. The molecule has 2 N–H and O–H groups in total. The number of carbonyl (C=O) groups is 1. The molecule has 2 fully saturated rings. The molecular weight excluding hydrogens is 298 g/mol. The van der Waals surface area contributed by atoms with Gasteiger partial charge in [-0.3, -0.25) is 9.69 Å². The van der Waals surface area contributed by atoms with Gasteiger partial charge in [0.15, 0.2) is 0 Å². The first-order valence-corrected chi connectivity index (χ1v) is 8.94. The van der Waals surface area contributed by atoms with Gasteiger partial charge in [-0.25, -0.2) is 0 Å². The summed E-state index contributed by atoms with van der Waals surface area (Å²) >= 11 is 0. The quantitative estimate of drug-likeness (QED) is 0.786. The molecule has 1 amide bonds. The number of piperidine rings is 1. The normalized spacial score (nSPS) is 26.5. The molecule has 0 spiro atoms. The van der Waals surface area contributed by atoms with Gasteiger partial charge in [0.2, 0.25) is 5.91 Å². The van der Waals surface area contributed by atoms with Crippen molar-refractivity contribution in [2.75, 3.05) is 26.2 Å². The highest BCUT2D eigenvalue weighted by atomic mass is 35.5. The van der Waals surface area contributed by atoms with Gasteiger partial charge in [-0.1, -0.05) is 26.7 Å². The Labute approximate surface area is 142 Å². The summed E-state index contributed by atoms with van der Waals surface area (Å²) in [6, 6.07) is 0.989. The van der Waals surface area contributed by atoms with E-state index in [9.17, 15) is 4.79 Å². The molecule has 2 rings (SSSR count). The van der Waals surface area contributed by atoms with E-state index in [0.717, 1.165) is 32.5 Å². The molecule has 0 bridgehead atoms. The average molecular weight is 332 g/mol. The lowest BCUT2D eigenvalue weighted by Crippen LogP contribution is -2.50. The Kier molecular flexibility index (Phi) is 9.37. The van der Waals surface area contributed by atoms with Gasteiger partial charge in [0, 0.05) is 12.1 Å². The van der Waals surface area contributed by atoms with Crippen LogP contribution in [0.1, 0.15) is 58.8 Å². The minimum Gasteiger partial charge on any atom is -0.352 e. The van der Waals surface area contributed by atoms with Crippen molar-refractivity contribution in [1.29, 1.82) is 0 Å². The van der Waals surface area contributed by atoms with Crippen LogP contribution in [0.3, 0.4) is 0 Å². The highest BCUT2D eigenvalue weighted by molar-refractivity contribution is 5.85. The van der Waals surface area contributed by atoms with Crippen LogP contribution in [-0.2, 0) is 4.79 Å². The predicted molar refractivity (Wildman–Crippen MR) is 94.6 cm³/mol. The smallest absolute Gasteiger partial charge is 0.234 e. The molecule has 22 heavy (non-hydrogen) atoms. The monoisotopic (exact) mass is 331 g/mol. The van der Waals surface area contributed by atoms with Crippen LogP contribution >= 0.6 is 12.4 Å². The number of carbonyl (C=O) groups excluding carboxylic acids is 1. The van der Waals surface area contributed by atoms with Crippen molar-refractivity contribution in [1.82, 2.24) is 15.5 Å². The Morgan fingerprint density at radius 2 is 1.86 bits per heavy atom. The molecule has 1 aliphatic heterocycles. The third kappa shape index (κ3) is 6.05. The molecule has 0 radical (unpaired) electrons. The Morgan fingerprint density at radius 3 is 2.50 bits per heavy atom. The van der Waals surface area contributed by atoms with E-state index in [1.165, 1.54) is 32.1 Å². The maximum Gasteiger partial charge on any atom is 0.234 e. The number of rotatable bonds is 6. The standard InChI is InChI=1S/C17H33N3O.ClH/c1-3-12-20(15-8-10-18-11-9-15)13-17(21)19-16-7-5-4-6-14(16)2;/h14-16,18H,3-13H2,1-2H3,(H,19,21);1H. The molecule has 0 aromatic rings. The maximum atomic E-state index is 12.4. The Balaban J connectivity index is 0.00000242. The van der Waals surface area contributed by atoms with Gasteiger partial charge < -0.3 is 10.6 Å². The van der Waals surface area contributed by atoms with Crippen LogP contribution in [0, 0.1) is 5.92 Å². The van der Waals surface area contributed by atoms with E-state index in [4.69, 9.17) is 0 Å². The molecule has 4 nitrogen and oxygen atoms in total.